The van der Waals surface area contributed by atoms with Crippen molar-refractivity contribution in [2.24, 2.45) is 22.6 Å². The molecule has 0 bridgehead atoms. The lowest BCUT2D eigenvalue weighted by Gasteiger charge is -2.14. The molecule has 0 amide bonds. The van der Waals surface area contributed by atoms with Gasteiger partial charge in [-0.25, -0.2) is 0 Å². The Morgan fingerprint density at radius 2 is 2.24 bits per heavy atom. The van der Waals surface area contributed by atoms with E-state index in [1.165, 1.54) is 25.7 Å². The van der Waals surface area contributed by atoms with E-state index in [2.05, 4.69) is 17.2 Å². The van der Waals surface area contributed by atoms with Crippen molar-refractivity contribution in [1.29, 1.82) is 0 Å². The van der Waals surface area contributed by atoms with Gasteiger partial charge in [-0.05, 0) is 31.1 Å². The van der Waals surface area contributed by atoms with Crippen molar-refractivity contribution in [3.05, 3.63) is 0 Å². The van der Waals surface area contributed by atoms with Crippen LogP contribution >= 0.6 is 0 Å². The van der Waals surface area contributed by atoms with E-state index >= 15 is 0 Å². The van der Waals surface area contributed by atoms with Gasteiger partial charge in [0.2, 0.25) is 0 Å². The Balaban J connectivity index is 1.65. The van der Waals surface area contributed by atoms with Gasteiger partial charge in [-0.2, -0.15) is 0 Å². The fourth-order valence-electron chi connectivity index (χ4n) is 2.79. The second-order valence-electron chi connectivity index (χ2n) is 5.41. The molecule has 0 radical (unpaired) electrons. The summed E-state index contributed by atoms with van der Waals surface area (Å²) in [4.78, 5) is 4.45. The Morgan fingerprint density at radius 1 is 1.35 bits per heavy atom. The van der Waals surface area contributed by atoms with Gasteiger partial charge in [0.25, 0.3) is 0 Å². The molecule has 0 aromatic heterocycles. The van der Waals surface area contributed by atoms with Gasteiger partial charge >= 0.3 is 0 Å². The van der Waals surface area contributed by atoms with Crippen LogP contribution in [0.3, 0.4) is 0 Å². The highest BCUT2D eigenvalue weighted by atomic mass is 16.5. The minimum atomic E-state index is 0.328. The molecule has 3 N–H and O–H groups in total. The number of nitrogens with zero attached hydrogens (tertiary/aromatic N) is 1. The molecule has 17 heavy (non-hydrogen) atoms. The maximum atomic E-state index is 5.86. The van der Waals surface area contributed by atoms with Gasteiger partial charge in [0.05, 0.1) is 6.10 Å². The highest BCUT2D eigenvalue weighted by Gasteiger charge is 2.22. The number of rotatable bonds is 4. The van der Waals surface area contributed by atoms with Crippen LogP contribution < -0.4 is 11.1 Å². The molecule has 1 saturated heterocycles. The molecule has 0 spiro atoms. The van der Waals surface area contributed by atoms with Crippen molar-refractivity contribution in [2.75, 3.05) is 19.7 Å². The minimum absolute atomic E-state index is 0.328. The maximum absolute atomic E-state index is 5.86. The second-order valence-corrected chi connectivity index (χ2v) is 5.41. The molecular formula is C13H25N3O. The molecule has 1 saturated carbocycles. The molecule has 1 aliphatic heterocycles. The quantitative estimate of drug-likeness (QED) is 0.577. The Kier molecular flexibility index (Phi) is 4.66. The number of nitrogens with two attached hydrogens (primary N) is 1. The molecule has 2 aliphatic rings. The van der Waals surface area contributed by atoms with Gasteiger partial charge < -0.3 is 15.8 Å². The Morgan fingerprint density at radius 3 is 2.88 bits per heavy atom. The van der Waals surface area contributed by atoms with E-state index < -0.39 is 0 Å². The summed E-state index contributed by atoms with van der Waals surface area (Å²) in [5, 5.41) is 3.17. The van der Waals surface area contributed by atoms with Gasteiger partial charge in [-0.15, -0.1) is 0 Å². The first-order valence-electron chi connectivity index (χ1n) is 6.91. The van der Waals surface area contributed by atoms with Gasteiger partial charge in [0.1, 0.15) is 0 Å². The third kappa shape index (κ3) is 3.87. The molecule has 1 heterocycles. The van der Waals surface area contributed by atoms with E-state index in [-0.39, 0.29) is 0 Å². The number of nitrogens with one attached hydrogen (secondary N) is 1. The van der Waals surface area contributed by atoms with Crippen LogP contribution in [-0.4, -0.2) is 31.8 Å². The summed E-state index contributed by atoms with van der Waals surface area (Å²) < 4.78 is 5.53. The lowest BCUT2D eigenvalue weighted by molar-refractivity contribution is 0.114. The zero-order chi connectivity index (χ0) is 12.1. The lowest BCUT2D eigenvalue weighted by atomic mass is 9.99. The van der Waals surface area contributed by atoms with Crippen molar-refractivity contribution < 1.29 is 4.74 Å². The van der Waals surface area contributed by atoms with E-state index in [1.54, 1.807) is 0 Å². The molecular weight excluding hydrogens is 214 g/mol. The second kappa shape index (κ2) is 6.24. The highest BCUT2D eigenvalue weighted by Crippen LogP contribution is 2.31. The summed E-state index contributed by atoms with van der Waals surface area (Å²) in [5.41, 5.74) is 5.86. The molecule has 3 atom stereocenters. The molecule has 1 aliphatic carbocycles. The van der Waals surface area contributed by atoms with Gasteiger partial charge in [-0.1, -0.05) is 19.8 Å². The molecule has 0 aromatic carbocycles. The summed E-state index contributed by atoms with van der Waals surface area (Å²) >= 11 is 0. The van der Waals surface area contributed by atoms with Crippen LogP contribution in [0.4, 0.5) is 0 Å². The topological polar surface area (TPSA) is 59.6 Å². The zero-order valence-electron chi connectivity index (χ0n) is 10.8. The van der Waals surface area contributed by atoms with Crippen molar-refractivity contribution in [1.82, 2.24) is 5.32 Å². The third-order valence-electron chi connectivity index (χ3n) is 4.07. The summed E-state index contributed by atoms with van der Waals surface area (Å²) in [6.07, 6.45) is 6.65. The predicted octanol–water partition coefficient (Wildman–Crippen LogP) is 1.51. The minimum Gasteiger partial charge on any atom is -0.376 e. The largest absolute Gasteiger partial charge is 0.376 e. The molecule has 2 fully saturated rings. The van der Waals surface area contributed by atoms with Crippen molar-refractivity contribution in [3.63, 3.8) is 0 Å². The number of hydrogen-bond acceptors (Lipinski definition) is 2. The van der Waals surface area contributed by atoms with Gasteiger partial charge in [0, 0.05) is 19.7 Å². The Labute approximate surface area is 104 Å². The summed E-state index contributed by atoms with van der Waals surface area (Å²) in [7, 11) is 0. The molecule has 98 valence electrons. The normalized spacial score (nSPS) is 34.2. The Bertz CT molecular complexity index is 261. The average molecular weight is 239 g/mol. The van der Waals surface area contributed by atoms with Crippen molar-refractivity contribution in [3.8, 4) is 0 Å². The van der Waals surface area contributed by atoms with Crippen LogP contribution in [0.25, 0.3) is 0 Å². The monoisotopic (exact) mass is 239 g/mol. The number of guanidine groups is 1. The summed E-state index contributed by atoms with van der Waals surface area (Å²) in [5.74, 6) is 2.13. The SMILES string of the molecule is CC1CCCC1CN=C(N)NCC1CCCO1. The predicted molar refractivity (Wildman–Crippen MR) is 70.0 cm³/mol. The van der Waals surface area contributed by atoms with E-state index in [1.807, 2.05) is 0 Å². The third-order valence-corrected chi connectivity index (χ3v) is 4.07. The van der Waals surface area contributed by atoms with E-state index in [4.69, 9.17) is 10.5 Å². The van der Waals surface area contributed by atoms with Gasteiger partial charge in [0.15, 0.2) is 5.96 Å². The highest BCUT2D eigenvalue weighted by molar-refractivity contribution is 5.77. The smallest absolute Gasteiger partial charge is 0.188 e. The van der Waals surface area contributed by atoms with Crippen molar-refractivity contribution in [2.45, 2.75) is 45.1 Å². The average Bonchev–Trinajstić information content (AvgIpc) is 2.95. The van der Waals surface area contributed by atoms with Gasteiger partial charge in [-0.3, -0.25) is 4.99 Å². The molecule has 4 nitrogen and oxygen atoms in total. The van der Waals surface area contributed by atoms with Crippen LogP contribution in [-0.2, 0) is 4.74 Å². The first-order chi connectivity index (χ1) is 8.25. The molecule has 4 heteroatoms. The first-order valence-corrected chi connectivity index (χ1v) is 6.91. The number of aliphatic imine (C=N–C) groups is 1. The number of hydrogen-bond donors (Lipinski definition) is 2. The maximum Gasteiger partial charge on any atom is 0.188 e. The first kappa shape index (κ1) is 12.7. The molecule has 3 unspecified atom stereocenters. The van der Waals surface area contributed by atoms with E-state index in [0.29, 0.717) is 12.1 Å². The molecule has 2 rings (SSSR count). The van der Waals surface area contributed by atoms with E-state index in [9.17, 15) is 0 Å². The van der Waals surface area contributed by atoms with Crippen LogP contribution in [0.15, 0.2) is 4.99 Å². The number of ether oxygens (including phenoxy) is 1. The zero-order valence-corrected chi connectivity index (χ0v) is 10.8. The fourth-order valence-corrected chi connectivity index (χ4v) is 2.79. The standard InChI is InChI=1S/C13H25N3O/c1-10-4-2-5-11(10)8-15-13(14)16-9-12-6-3-7-17-12/h10-12H,2-9H2,1H3,(H3,14,15,16). The fraction of sp³-hybridized carbons (Fsp3) is 0.923. The Hall–Kier alpha value is -0.770. The van der Waals surface area contributed by atoms with Crippen LogP contribution in [0.2, 0.25) is 0 Å². The van der Waals surface area contributed by atoms with Crippen molar-refractivity contribution >= 4 is 5.96 Å². The van der Waals surface area contributed by atoms with Crippen LogP contribution in [0.5, 0.6) is 0 Å². The molecule has 0 aromatic rings. The lowest BCUT2D eigenvalue weighted by Crippen LogP contribution is -2.37. The summed E-state index contributed by atoms with van der Waals surface area (Å²) in [6.45, 7) is 4.90. The summed E-state index contributed by atoms with van der Waals surface area (Å²) in [6, 6.07) is 0. The van der Waals surface area contributed by atoms with Crippen LogP contribution in [0, 0.1) is 11.8 Å². The van der Waals surface area contributed by atoms with E-state index in [0.717, 1.165) is 38.0 Å². The van der Waals surface area contributed by atoms with Crippen LogP contribution in [0.1, 0.15) is 39.0 Å².